The van der Waals surface area contributed by atoms with Crippen LogP contribution < -0.4 is 24.8 Å². The summed E-state index contributed by atoms with van der Waals surface area (Å²) >= 11 is 6.49. The Labute approximate surface area is 204 Å². The van der Waals surface area contributed by atoms with Crippen LogP contribution in [0, 0.1) is 5.41 Å². The van der Waals surface area contributed by atoms with Crippen LogP contribution in [0.5, 0.6) is 23.0 Å². The molecule has 3 aromatic rings. The van der Waals surface area contributed by atoms with Gasteiger partial charge in [-0.05, 0) is 55.0 Å². The molecule has 0 spiro atoms. The Balaban J connectivity index is 1.47. The van der Waals surface area contributed by atoms with E-state index in [1.807, 2.05) is 6.07 Å². The Bertz CT molecular complexity index is 1200. The first-order chi connectivity index (χ1) is 16.3. The van der Waals surface area contributed by atoms with Gasteiger partial charge >= 0.3 is 6.03 Å². The number of carbonyl (C=O) groups excluding carboxylic acids is 1. The van der Waals surface area contributed by atoms with Crippen molar-refractivity contribution >= 4 is 34.2 Å². The topological polar surface area (TPSA) is 81.7 Å². The lowest BCUT2D eigenvalue weighted by atomic mass is 9.75. The summed E-state index contributed by atoms with van der Waals surface area (Å²) in [4.78, 5) is 16.9. The van der Waals surface area contributed by atoms with Crippen molar-refractivity contribution < 1.29 is 19.0 Å². The van der Waals surface area contributed by atoms with E-state index < -0.39 is 0 Å². The molecule has 1 aliphatic carbocycles. The van der Waals surface area contributed by atoms with Gasteiger partial charge in [0.05, 0.1) is 24.8 Å². The Morgan fingerprint density at radius 1 is 1.06 bits per heavy atom. The summed E-state index contributed by atoms with van der Waals surface area (Å²) in [5, 5.41) is 7.09. The van der Waals surface area contributed by atoms with Gasteiger partial charge in [0, 0.05) is 29.4 Å². The van der Waals surface area contributed by atoms with Crippen LogP contribution in [0.3, 0.4) is 0 Å². The number of carbonyl (C=O) groups is 1. The quantitative estimate of drug-likeness (QED) is 0.403. The monoisotopic (exact) mass is 483 g/mol. The average Bonchev–Trinajstić information content (AvgIpc) is 2.79. The van der Waals surface area contributed by atoms with Gasteiger partial charge < -0.3 is 24.8 Å². The number of methoxy groups -OCH3 is 2. The number of aromatic nitrogens is 1. The molecule has 8 heteroatoms. The van der Waals surface area contributed by atoms with Crippen molar-refractivity contribution in [3.63, 3.8) is 0 Å². The summed E-state index contributed by atoms with van der Waals surface area (Å²) in [5.41, 5.74) is 1.55. The fourth-order valence-corrected chi connectivity index (χ4v) is 4.71. The molecule has 0 aliphatic heterocycles. The van der Waals surface area contributed by atoms with Gasteiger partial charge in [0.1, 0.15) is 11.5 Å². The molecule has 2 aromatic carbocycles. The Morgan fingerprint density at radius 3 is 2.53 bits per heavy atom. The van der Waals surface area contributed by atoms with E-state index in [0.717, 1.165) is 24.6 Å². The molecule has 1 unspecified atom stereocenters. The summed E-state index contributed by atoms with van der Waals surface area (Å²) < 4.78 is 16.9. The smallest absolute Gasteiger partial charge is 0.319 e. The van der Waals surface area contributed by atoms with Crippen LogP contribution in [-0.2, 0) is 0 Å². The molecule has 2 amide bonds. The van der Waals surface area contributed by atoms with Crippen LogP contribution in [0.4, 0.5) is 10.5 Å². The van der Waals surface area contributed by atoms with Crippen molar-refractivity contribution in [2.45, 2.75) is 45.6 Å². The second kappa shape index (κ2) is 9.97. The molecular weight excluding hydrogens is 454 g/mol. The number of hydrogen-bond donors (Lipinski definition) is 2. The van der Waals surface area contributed by atoms with Crippen molar-refractivity contribution in [3.05, 3.63) is 47.6 Å². The second-order valence-electron chi connectivity index (χ2n) is 9.34. The van der Waals surface area contributed by atoms with E-state index >= 15 is 0 Å². The van der Waals surface area contributed by atoms with Gasteiger partial charge in [-0.2, -0.15) is 0 Å². The number of benzene rings is 2. The number of rotatable bonds is 6. The third-order valence-electron chi connectivity index (χ3n) is 6.16. The lowest BCUT2D eigenvalue weighted by Gasteiger charge is -2.35. The highest BCUT2D eigenvalue weighted by Gasteiger charge is 2.28. The summed E-state index contributed by atoms with van der Waals surface area (Å²) in [6.45, 7) is 4.49. The van der Waals surface area contributed by atoms with E-state index in [0.29, 0.717) is 39.2 Å². The van der Waals surface area contributed by atoms with Crippen molar-refractivity contribution in [1.82, 2.24) is 10.3 Å². The van der Waals surface area contributed by atoms with Gasteiger partial charge in [0.2, 0.25) is 0 Å². The average molecular weight is 484 g/mol. The van der Waals surface area contributed by atoms with Gasteiger partial charge in [-0.3, -0.25) is 4.98 Å². The third-order valence-corrected chi connectivity index (χ3v) is 6.45. The normalized spacial score (nSPS) is 17.1. The van der Waals surface area contributed by atoms with Gasteiger partial charge in [0.25, 0.3) is 0 Å². The van der Waals surface area contributed by atoms with Crippen molar-refractivity contribution in [3.8, 4) is 23.0 Å². The zero-order chi connectivity index (χ0) is 24.3. The molecule has 180 valence electrons. The first-order valence-corrected chi connectivity index (χ1v) is 11.7. The molecule has 1 atom stereocenters. The molecule has 7 nitrogen and oxygen atoms in total. The Hall–Kier alpha value is -3.19. The van der Waals surface area contributed by atoms with Crippen LogP contribution in [0.2, 0.25) is 5.02 Å². The number of anilines is 1. The number of fused-ring (bicyclic) bond motifs is 1. The maximum atomic E-state index is 12.5. The molecule has 2 N–H and O–H groups in total. The number of amides is 2. The predicted molar refractivity (Wildman–Crippen MR) is 135 cm³/mol. The highest BCUT2D eigenvalue weighted by molar-refractivity contribution is 6.32. The number of nitrogens with one attached hydrogen (secondary N) is 2. The van der Waals surface area contributed by atoms with Crippen LogP contribution in [0.1, 0.15) is 39.5 Å². The molecule has 1 saturated carbocycles. The minimum atomic E-state index is -0.228. The number of halogens is 1. The maximum absolute atomic E-state index is 12.5. The van der Waals surface area contributed by atoms with Gasteiger partial charge in [-0.15, -0.1) is 0 Å². The number of nitrogens with zero attached hydrogens (tertiary/aromatic N) is 1. The molecule has 1 heterocycles. The first kappa shape index (κ1) is 24.0. The molecular formula is C26H30ClN3O4. The summed E-state index contributed by atoms with van der Waals surface area (Å²) in [6, 6.07) is 10.5. The minimum absolute atomic E-state index is 0.178. The Kier molecular flexibility index (Phi) is 7.03. The maximum Gasteiger partial charge on any atom is 0.319 e. The lowest BCUT2D eigenvalue weighted by Crippen LogP contribution is -2.42. The molecule has 1 aromatic heterocycles. The van der Waals surface area contributed by atoms with E-state index in [-0.39, 0.29) is 17.5 Å². The van der Waals surface area contributed by atoms with Crippen molar-refractivity contribution in [2.24, 2.45) is 5.41 Å². The number of pyridine rings is 1. The summed E-state index contributed by atoms with van der Waals surface area (Å²) in [5.74, 6) is 2.20. The largest absolute Gasteiger partial charge is 0.493 e. The fourth-order valence-electron chi connectivity index (χ4n) is 4.49. The molecule has 4 rings (SSSR count). The van der Waals surface area contributed by atoms with E-state index in [9.17, 15) is 4.79 Å². The number of ether oxygens (including phenoxy) is 3. The standard InChI is InChI=1S/C26H30ClN3O4/c1-26(2)10-5-6-17(15-26)30-25(31)29-16-7-8-22(19(27)12-16)34-21-9-11-28-20-14-24(33-4)23(32-3)13-18(20)21/h7-9,11-14,17H,5-6,10,15H2,1-4H3,(H2,29,30,31). The SMILES string of the molecule is COc1cc2nccc(Oc3ccc(NC(=O)NC4CCCC(C)(C)C4)cc3Cl)c2cc1OC. The molecule has 34 heavy (non-hydrogen) atoms. The highest BCUT2D eigenvalue weighted by Crippen LogP contribution is 2.39. The van der Waals surface area contributed by atoms with Gasteiger partial charge in [-0.25, -0.2) is 4.79 Å². The summed E-state index contributed by atoms with van der Waals surface area (Å²) in [6.07, 6.45) is 5.95. The number of hydrogen-bond acceptors (Lipinski definition) is 5. The van der Waals surface area contributed by atoms with E-state index in [2.05, 4.69) is 29.5 Å². The molecule has 0 bridgehead atoms. The number of urea groups is 1. The molecule has 0 radical (unpaired) electrons. The Morgan fingerprint density at radius 2 is 1.82 bits per heavy atom. The summed E-state index contributed by atoms with van der Waals surface area (Å²) in [7, 11) is 3.16. The molecule has 0 saturated heterocycles. The van der Waals surface area contributed by atoms with Crippen LogP contribution in [-0.4, -0.2) is 31.3 Å². The minimum Gasteiger partial charge on any atom is -0.493 e. The fraction of sp³-hybridized carbons (Fsp3) is 0.385. The van der Waals surface area contributed by atoms with Gasteiger partial charge in [-0.1, -0.05) is 31.9 Å². The van der Waals surface area contributed by atoms with Gasteiger partial charge in [0.15, 0.2) is 11.5 Å². The van der Waals surface area contributed by atoms with Crippen LogP contribution >= 0.6 is 11.6 Å². The zero-order valence-electron chi connectivity index (χ0n) is 19.9. The molecule has 1 aliphatic rings. The van der Waals surface area contributed by atoms with Crippen LogP contribution in [0.15, 0.2) is 42.6 Å². The van der Waals surface area contributed by atoms with E-state index in [1.54, 1.807) is 50.7 Å². The second-order valence-corrected chi connectivity index (χ2v) is 9.74. The van der Waals surface area contributed by atoms with E-state index in [1.165, 1.54) is 6.42 Å². The van der Waals surface area contributed by atoms with Crippen LogP contribution in [0.25, 0.3) is 10.9 Å². The third kappa shape index (κ3) is 5.47. The first-order valence-electron chi connectivity index (χ1n) is 11.3. The lowest BCUT2D eigenvalue weighted by molar-refractivity contribution is 0.196. The predicted octanol–water partition coefficient (Wildman–Crippen LogP) is 6.79. The zero-order valence-corrected chi connectivity index (χ0v) is 20.7. The van der Waals surface area contributed by atoms with E-state index in [4.69, 9.17) is 25.8 Å². The highest BCUT2D eigenvalue weighted by atomic mass is 35.5. The molecule has 1 fully saturated rings. The van der Waals surface area contributed by atoms with Crippen molar-refractivity contribution in [2.75, 3.05) is 19.5 Å². The van der Waals surface area contributed by atoms with Crippen molar-refractivity contribution in [1.29, 1.82) is 0 Å².